The lowest BCUT2D eigenvalue weighted by Gasteiger charge is -2.31. The first kappa shape index (κ1) is 18.1. The number of carbonyl (C=O) groups excluding carboxylic acids is 1. The molecule has 0 radical (unpaired) electrons. The van der Waals surface area contributed by atoms with Crippen LogP contribution in [0.4, 0.5) is 8.78 Å². The summed E-state index contributed by atoms with van der Waals surface area (Å²) in [6.07, 6.45) is 0.977. The molecule has 0 unspecified atom stereocenters. The number of benzene rings is 1. The minimum Gasteiger partial charge on any atom is -0.483 e. The Bertz CT molecular complexity index is 811. The van der Waals surface area contributed by atoms with Gasteiger partial charge in [-0.3, -0.25) is 19.6 Å². The quantitative estimate of drug-likeness (QED) is 0.795. The predicted molar refractivity (Wildman–Crippen MR) is 87.3 cm³/mol. The molecule has 4 rings (SSSR count). The molecule has 1 aromatic carbocycles. The first-order chi connectivity index (χ1) is 12.4. The van der Waals surface area contributed by atoms with Crippen LogP contribution < -0.4 is 4.74 Å². The molecule has 1 amide bonds. The fraction of sp³-hybridized carbons (Fsp3) is 0.438. The molecule has 2 fully saturated rings. The number of carbonyl (C=O) groups is 2. The fourth-order valence-electron chi connectivity index (χ4n) is 3.58. The highest BCUT2D eigenvalue weighted by Crippen LogP contribution is 2.32. The molecule has 10 heteroatoms. The largest absolute Gasteiger partial charge is 0.483 e. The van der Waals surface area contributed by atoms with Gasteiger partial charge in [-0.2, -0.15) is 13.9 Å². The number of piperazine rings is 1. The number of alkyl halides is 2. The normalized spacial score (nSPS) is 21.8. The number of ether oxygens (including phenoxy) is 1. The Morgan fingerprint density at radius 1 is 1.42 bits per heavy atom. The van der Waals surface area contributed by atoms with Crippen molar-refractivity contribution in [3.8, 4) is 5.75 Å². The van der Waals surface area contributed by atoms with Crippen molar-refractivity contribution in [1.29, 1.82) is 0 Å². The smallest absolute Gasteiger partial charge is 0.387 e. The Morgan fingerprint density at radius 3 is 2.73 bits per heavy atom. The standard InChI is InChI=1S/C15H16F2N4O2.CH2O2/c1-20-6-9-4-8(20)7-21(9)14(22)13-11-5-10(23-15(16)17)2-3-12(11)18-19-13;2-1-3/h2-3,5,8-9,15H,4,6-7H2,1H3,(H,18,19);1H,(H,2,3)/t8-,9-;/m0./s1. The van der Waals surface area contributed by atoms with Crippen molar-refractivity contribution in [2.24, 2.45) is 0 Å². The number of carboxylic acid groups (broad SMARTS) is 1. The summed E-state index contributed by atoms with van der Waals surface area (Å²) >= 11 is 0. The zero-order valence-electron chi connectivity index (χ0n) is 13.9. The van der Waals surface area contributed by atoms with E-state index in [0.717, 1.165) is 13.0 Å². The van der Waals surface area contributed by atoms with Crippen molar-refractivity contribution < 1.29 is 28.2 Å². The summed E-state index contributed by atoms with van der Waals surface area (Å²) in [7, 11) is 2.06. The van der Waals surface area contributed by atoms with E-state index < -0.39 is 6.61 Å². The lowest BCUT2D eigenvalue weighted by molar-refractivity contribution is -0.122. The fourth-order valence-corrected chi connectivity index (χ4v) is 3.58. The zero-order chi connectivity index (χ0) is 18.8. The summed E-state index contributed by atoms with van der Waals surface area (Å²) in [5.41, 5.74) is 0.881. The van der Waals surface area contributed by atoms with E-state index in [1.54, 1.807) is 6.07 Å². The van der Waals surface area contributed by atoms with Gasteiger partial charge in [0.25, 0.3) is 12.4 Å². The molecule has 2 aliphatic heterocycles. The van der Waals surface area contributed by atoms with E-state index in [0.29, 0.717) is 23.5 Å². The summed E-state index contributed by atoms with van der Waals surface area (Å²) in [4.78, 5) is 25.2. The summed E-state index contributed by atoms with van der Waals surface area (Å²) in [6.45, 7) is -1.61. The van der Waals surface area contributed by atoms with Gasteiger partial charge in [0.1, 0.15) is 5.75 Å². The maximum absolute atomic E-state index is 12.8. The molecular formula is C16H18F2N4O4. The molecular weight excluding hydrogens is 350 g/mol. The number of nitrogens with one attached hydrogen (secondary N) is 1. The third-order valence-electron chi connectivity index (χ3n) is 4.74. The van der Waals surface area contributed by atoms with Crippen LogP contribution in [0.15, 0.2) is 18.2 Å². The topological polar surface area (TPSA) is 98.8 Å². The molecule has 0 spiro atoms. The van der Waals surface area contributed by atoms with Crippen LogP contribution >= 0.6 is 0 Å². The van der Waals surface area contributed by atoms with E-state index in [9.17, 15) is 13.6 Å². The second kappa shape index (κ2) is 7.24. The van der Waals surface area contributed by atoms with Crippen molar-refractivity contribution in [1.82, 2.24) is 20.0 Å². The van der Waals surface area contributed by atoms with Crippen LogP contribution in [-0.4, -0.2) is 76.3 Å². The highest BCUT2D eigenvalue weighted by Gasteiger charge is 2.44. The zero-order valence-corrected chi connectivity index (χ0v) is 13.9. The third-order valence-corrected chi connectivity index (χ3v) is 4.74. The molecule has 26 heavy (non-hydrogen) atoms. The van der Waals surface area contributed by atoms with Gasteiger partial charge >= 0.3 is 6.61 Å². The van der Waals surface area contributed by atoms with E-state index in [1.165, 1.54) is 12.1 Å². The van der Waals surface area contributed by atoms with Gasteiger partial charge in [0.2, 0.25) is 0 Å². The number of fused-ring (bicyclic) bond motifs is 3. The Labute approximate surface area is 147 Å². The van der Waals surface area contributed by atoms with Gasteiger partial charge in [-0.05, 0) is 31.7 Å². The summed E-state index contributed by atoms with van der Waals surface area (Å²) < 4.78 is 29.1. The molecule has 140 valence electrons. The number of rotatable bonds is 3. The second-order valence-electron chi connectivity index (χ2n) is 6.20. The van der Waals surface area contributed by atoms with Gasteiger partial charge in [-0.1, -0.05) is 0 Å². The monoisotopic (exact) mass is 368 g/mol. The Kier molecular flexibility index (Phi) is 5.03. The number of aromatic nitrogens is 2. The first-order valence-corrected chi connectivity index (χ1v) is 7.96. The van der Waals surface area contributed by atoms with Crippen molar-refractivity contribution in [3.05, 3.63) is 23.9 Å². The second-order valence-corrected chi connectivity index (χ2v) is 6.20. The number of likely N-dealkylation sites (N-methyl/N-ethyl adjacent to an activating group) is 1. The van der Waals surface area contributed by atoms with E-state index in [4.69, 9.17) is 9.90 Å². The lowest BCUT2D eigenvalue weighted by Crippen LogP contribution is -2.47. The van der Waals surface area contributed by atoms with E-state index >= 15 is 0 Å². The van der Waals surface area contributed by atoms with Crippen LogP contribution in [-0.2, 0) is 4.79 Å². The predicted octanol–water partition coefficient (Wildman–Crippen LogP) is 1.39. The number of halogens is 2. The molecule has 2 N–H and O–H groups in total. The van der Waals surface area contributed by atoms with E-state index in [-0.39, 0.29) is 29.9 Å². The number of amides is 1. The Balaban J connectivity index is 0.000000613. The minimum absolute atomic E-state index is 0.0191. The summed E-state index contributed by atoms with van der Waals surface area (Å²) in [5, 5.41) is 14.3. The molecule has 0 aliphatic carbocycles. The van der Waals surface area contributed by atoms with Crippen LogP contribution in [0.5, 0.6) is 5.75 Å². The van der Waals surface area contributed by atoms with Gasteiger partial charge < -0.3 is 14.7 Å². The maximum atomic E-state index is 12.8. The van der Waals surface area contributed by atoms with E-state index in [2.05, 4.69) is 26.9 Å². The van der Waals surface area contributed by atoms with Gasteiger partial charge in [-0.15, -0.1) is 0 Å². The van der Waals surface area contributed by atoms with Crippen LogP contribution in [0.3, 0.4) is 0 Å². The highest BCUT2D eigenvalue weighted by atomic mass is 19.3. The van der Waals surface area contributed by atoms with Crippen molar-refractivity contribution in [2.75, 3.05) is 20.1 Å². The van der Waals surface area contributed by atoms with Crippen LogP contribution in [0.2, 0.25) is 0 Å². The molecule has 8 nitrogen and oxygen atoms in total. The Morgan fingerprint density at radius 2 is 2.15 bits per heavy atom. The molecule has 2 saturated heterocycles. The van der Waals surface area contributed by atoms with Crippen molar-refractivity contribution >= 4 is 23.3 Å². The average molecular weight is 368 g/mol. The van der Waals surface area contributed by atoms with Crippen molar-refractivity contribution in [2.45, 2.75) is 25.1 Å². The number of hydrogen-bond donors (Lipinski definition) is 2. The first-order valence-electron chi connectivity index (χ1n) is 7.96. The molecule has 2 aromatic rings. The number of H-pyrrole nitrogens is 1. The van der Waals surface area contributed by atoms with Crippen LogP contribution in [0.25, 0.3) is 10.9 Å². The minimum atomic E-state index is -2.90. The maximum Gasteiger partial charge on any atom is 0.387 e. The number of likely N-dealkylation sites (tertiary alicyclic amines) is 2. The lowest BCUT2D eigenvalue weighted by atomic mass is 10.1. The van der Waals surface area contributed by atoms with Crippen LogP contribution in [0.1, 0.15) is 16.9 Å². The SMILES string of the molecule is CN1C[C@@H]2C[C@H]1CN2C(=O)c1n[nH]c2ccc(OC(F)F)cc12.O=CO. The van der Waals surface area contributed by atoms with Crippen molar-refractivity contribution in [3.63, 3.8) is 0 Å². The van der Waals surface area contributed by atoms with Gasteiger partial charge in [-0.25, -0.2) is 0 Å². The molecule has 2 bridgehead atoms. The molecule has 2 atom stereocenters. The van der Waals surface area contributed by atoms with Gasteiger partial charge in [0.05, 0.1) is 5.52 Å². The average Bonchev–Trinajstić information content (AvgIpc) is 3.27. The molecule has 0 saturated carbocycles. The molecule has 3 heterocycles. The number of nitrogens with zero attached hydrogens (tertiary/aromatic N) is 3. The highest BCUT2D eigenvalue weighted by molar-refractivity contribution is 6.05. The summed E-state index contributed by atoms with van der Waals surface area (Å²) in [5.74, 6) is -0.142. The van der Waals surface area contributed by atoms with Gasteiger partial charge in [0, 0.05) is 30.6 Å². The summed E-state index contributed by atoms with van der Waals surface area (Å²) in [6, 6.07) is 5.03. The van der Waals surface area contributed by atoms with Crippen LogP contribution in [0, 0.1) is 0 Å². The number of aromatic amines is 1. The number of hydrogen-bond acceptors (Lipinski definition) is 5. The molecule has 2 aliphatic rings. The molecule has 1 aromatic heterocycles. The third kappa shape index (κ3) is 3.32. The van der Waals surface area contributed by atoms with E-state index in [1.807, 2.05) is 4.90 Å². The van der Waals surface area contributed by atoms with Gasteiger partial charge in [0.15, 0.2) is 5.69 Å². The Hall–Kier alpha value is -2.75.